The zero-order chi connectivity index (χ0) is 42.7. The normalized spacial score (nSPS) is 11.9. The molecule has 350 valence electrons. The minimum Gasteiger partial charge on any atom is -0.493 e. The van der Waals surface area contributed by atoms with E-state index in [0.717, 1.165) is 26.2 Å². The highest BCUT2D eigenvalue weighted by molar-refractivity contribution is 5.05. The number of hydrogen-bond donors (Lipinski definition) is 1. The third-order valence-electron chi connectivity index (χ3n) is 13.0. The minimum atomic E-state index is -0.0465. The van der Waals surface area contributed by atoms with E-state index in [4.69, 9.17) is 0 Å². The van der Waals surface area contributed by atoms with Crippen molar-refractivity contribution in [2.45, 2.75) is 298 Å². The highest BCUT2D eigenvalue weighted by Crippen LogP contribution is 2.17. The van der Waals surface area contributed by atoms with Crippen LogP contribution < -0.4 is 5.69 Å². The first-order valence-corrected chi connectivity index (χ1v) is 27.0. The molecule has 1 rings (SSSR count). The van der Waals surface area contributed by atoms with Crippen molar-refractivity contribution < 1.29 is 5.11 Å². The SMILES string of the molecule is CCCCCCCCCCCCN(CCCCCCCCCCCC)Cn1cc(O)n(CN(CCCCCCCCCCCC)CCCCCCCCCCCC)c1=O. The van der Waals surface area contributed by atoms with E-state index < -0.39 is 0 Å². The topological polar surface area (TPSA) is 53.6 Å². The maximum absolute atomic E-state index is 13.9. The van der Waals surface area contributed by atoms with Crippen LogP contribution in [0.4, 0.5) is 0 Å². The third kappa shape index (κ3) is 34.0. The summed E-state index contributed by atoms with van der Waals surface area (Å²) >= 11 is 0. The van der Waals surface area contributed by atoms with Gasteiger partial charge in [0.25, 0.3) is 0 Å². The van der Waals surface area contributed by atoms with Gasteiger partial charge in [-0.15, -0.1) is 0 Å². The van der Waals surface area contributed by atoms with Crippen molar-refractivity contribution in [2.24, 2.45) is 0 Å². The van der Waals surface area contributed by atoms with Gasteiger partial charge in [0, 0.05) is 0 Å². The number of aromatic hydroxyl groups is 1. The van der Waals surface area contributed by atoms with Crippen LogP contribution in [0.15, 0.2) is 11.0 Å². The number of rotatable bonds is 48. The second-order valence-corrected chi connectivity index (χ2v) is 18.9. The fourth-order valence-corrected chi connectivity index (χ4v) is 8.96. The molecule has 0 amide bonds. The van der Waals surface area contributed by atoms with Gasteiger partial charge in [-0.2, -0.15) is 0 Å². The van der Waals surface area contributed by atoms with Crippen molar-refractivity contribution in [2.75, 3.05) is 26.2 Å². The molecule has 0 aliphatic carbocycles. The van der Waals surface area contributed by atoms with E-state index in [1.54, 1.807) is 15.3 Å². The second kappa shape index (κ2) is 43.4. The molecule has 6 heteroatoms. The summed E-state index contributed by atoms with van der Waals surface area (Å²) in [6, 6.07) is 0. The lowest BCUT2D eigenvalue weighted by atomic mass is 10.1. The van der Waals surface area contributed by atoms with Gasteiger partial charge in [0.15, 0.2) is 0 Å². The molecular weight excluding hydrogens is 725 g/mol. The maximum Gasteiger partial charge on any atom is 0.333 e. The Bertz CT molecular complexity index is 989. The van der Waals surface area contributed by atoms with Crippen LogP contribution in [0, 0.1) is 0 Å². The van der Waals surface area contributed by atoms with Crippen molar-refractivity contribution in [1.82, 2.24) is 18.9 Å². The highest BCUT2D eigenvalue weighted by Gasteiger charge is 2.16. The van der Waals surface area contributed by atoms with Crippen molar-refractivity contribution in [3.63, 3.8) is 0 Å². The van der Waals surface area contributed by atoms with Gasteiger partial charge in [0.2, 0.25) is 5.88 Å². The number of imidazole rings is 1. The summed E-state index contributed by atoms with van der Waals surface area (Å²) in [5, 5.41) is 11.2. The molecule has 1 aromatic heterocycles. The molecule has 1 heterocycles. The van der Waals surface area contributed by atoms with Crippen molar-refractivity contribution in [1.29, 1.82) is 0 Å². The number of hydrogen-bond acceptors (Lipinski definition) is 4. The largest absolute Gasteiger partial charge is 0.493 e. The smallest absolute Gasteiger partial charge is 0.333 e. The number of unbranched alkanes of at least 4 members (excludes halogenated alkanes) is 36. The van der Waals surface area contributed by atoms with E-state index in [1.807, 2.05) is 0 Å². The van der Waals surface area contributed by atoms with Gasteiger partial charge in [-0.25, -0.2) is 9.36 Å². The van der Waals surface area contributed by atoms with Crippen LogP contribution in [-0.4, -0.2) is 50.2 Å². The minimum absolute atomic E-state index is 0.0465. The fraction of sp³-hybridized carbons (Fsp3) is 0.943. The Hall–Kier alpha value is -1.27. The first-order chi connectivity index (χ1) is 29.1. The summed E-state index contributed by atoms with van der Waals surface area (Å²) in [5.41, 5.74) is -0.0465. The molecule has 1 aromatic rings. The first kappa shape index (κ1) is 55.7. The van der Waals surface area contributed by atoms with Gasteiger partial charge in [0.1, 0.15) is 0 Å². The van der Waals surface area contributed by atoms with E-state index in [9.17, 15) is 9.90 Å². The lowest BCUT2D eigenvalue weighted by molar-refractivity contribution is 0.188. The van der Waals surface area contributed by atoms with Crippen LogP contribution in [0.25, 0.3) is 0 Å². The molecular formula is C53H106N4O2. The van der Waals surface area contributed by atoms with Crippen LogP contribution in [0.2, 0.25) is 0 Å². The standard InChI is InChI=1S/C53H106N4O2/c1-5-9-13-17-21-25-29-33-37-41-45-54(46-42-38-34-30-26-22-18-14-10-6-2)50-56-49-52(58)57(53(56)59)51-55(47-43-39-35-31-27-23-19-15-11-7-3)48-44-40-36-32-28-24-20-16-12-8-4/h49,58H,5-48,50-51H2,1-4H3. The van der Waals surface area contributed by atoms with Crippen LogP contribution >= 0.6 is 0 Å². The van der Waals surface area contributed by atoms with Crippen LogP contribution in [0.5, 0.6) is 5.88 Å². The Morgan fingerprint density at radius 2 is 0.576 bits per heavy atom. The molecule has 0 radical (unpaired) electrons. The van der Waals surface area contributed by atoms with Gasteiger partial charge in [-0.05, 0) is 51.9 Å². The lowest BCUT2D eigenvalue weighted by Gasteiger charge is -2.23. The Balaban J connectivity index is 2.75. The van der Waals surface area contributed by atoms with Gasteiger partial charge in [-0.1, -0.05) is 259 Å². The van der Waals surface area contributed by atoms with Crippen LogP contribution in [-0.2, 0) is 13.3 Å². The highest BCUT2D eigenvalue weighted by atomic mass is 16.3. The molecule has 59 heavy (non-hydrogen) atoms. The van der Waals surface area contributed by atoms with Gasteiger partial charge < -0.3 is 5.11 Å². The molecule has 0 spiro atoms. The first-order valence-electron chi connectivity index (χ1n) is 27.0. The fourth-order valence-electron chi connectivity index (χ4n) is 8.96. The quantitative estimate of drug-likeness (QED) is 0.0665. The van der Waals surface area contributed by atoms with Gasteiger partial charge in [0.05, 0.1) is 19.5 Å². The van der Waals surface area contributed by atoms with Crippen molar-refractivity contribution in [3.05, 3.63) is 16.7 Å². The maximum atomic E-state index is 13.9. The molecule has 6 nitrogen and oxygen atoms in total. The molecule has 0 aromatic carbocycles. The summed E-state index contributed by atoms with van der Waals surface area (Å²) in [5.74, 6) is 0.129. The van der Waals surface area contributed by atoms with Crippen LogP contribution in [0.3, 0.4) is 0 Å². The average molecular weight is 831 g/mol. The molecule has 0 saturated carbocycles. The van der Waals surface area contributed by atoms with E-state index in [-0.39, 0.29) is 11.6 Å². The Morgan fingerprint density at radius 3 is 0.831 bits per heavy atom. The van der Waals surface area contributed by atoms with E-state index >= 15 is 0 Å². The second-order valence-electron chi connectivity index (χ2n) is 18.9. The van der Waals surface area contributed by atoms with E-state index in [2.05, 4.69) is 37.5 Å². The van der Waals surface area contributed by atoms with E-state index in [0.29, 0.717) is 13.3 Å². The zero-order valence-electron chi connectivity index (χ0n) is 40.7. The molecule has 0 saturated heterocycles. The lowest BCUT2D eigenvalue weighted by Crippen LogP contribution is -2.37. The summed E-state index contributed by atoms with van der Waals surface area (Å²) < 4.78 is 3.47. The summed E-state index contributed by atoms with van der Waals surface area (Å²) in [6.45, 7) is 14.4. The van der Waals surface area contributed by atoms with Crippen LogP contribution in [0.1, 0.15) is 285 Å². The van der Waals surface area contributed by atoms with E-state index in [1.165, 1.54) is 257 Å². The molecule has 0 fully saturated rings. The summed E-state index contributed by atoms with van der Waals surface area (Å²) in [7, 11) is 0. The Labute approximate surface area is 369 Å². The third-order valence-corrected chi connectivity index (χ3v) is 13.0. The monoisotopic (exact) mass is 831 g/mol. The molecule has 0 aliphatic rings. The van der Waals surface area contributed by atoms with Gasteiger partial charge >= 0.3 is 5.69 Å². The molecule has 0 atom stereocenters. The molecule has 1 N–H and O–H groups in total. The number of aromatic nitrogens is 2. The predicted octanol–water partition coefficient (Wildman–Crippen LogP) is 16.6. The Kier molecular flexibility index (Phi) is 41.0. The summed E-state index contributed by atoms with van der Waals surface area (Å²) in [6.07, 6.45) is 55.3. The van der Waals surface area contributed by atoms with Gasteiger partial charge in [-0.3, -0.25) is 14.4 Å². The molecule has 0 unspecified atom stereocenters. The Morgan fingerprint density at radius 1 is 0.356 bits per heavy atom. The zero-order valence-corrected chi connectivity index (χ0v) is 40.7. The number of nitrogens with zero attached hydrogens (tertiary/aromatic N) is 4. The predicted molar refractivity (Wildman–Crippen MR) is 261 cm³/mol. The molecule has 0 bridgehead atoms. The molecule has 0 aliphatic heterocycles. The average Bonchev–Trinajstić information content (AvgIpc) is 3.50. The summed E-state index contributed by atoms with van der Waals surface area (Å²) in [4.78, 5) is 18.9. The van der Waals surface area contributed by atoms with Crippen molar-refractivity contribution in [3.8, 4) is 5.88 Å². The van der Waals surface area contributed by atoms with Crippen molar-refractivity contribution >= 4 is 0 Å².